The van der Waals surface area contributed by atoms with Gasteiger partial charge in [0.1, 0.15) is 19.0 Å². The molecule has 0 radical (unpaired) electrons. The third-order valence-corrected chi connectivity index (χ3v) is 3.84. The maximum absolute atomic E-state index is 12.4. The topological polar surface area (TPSA) is 56.8 Å². The van der Waals surface area contributed by atoms with Crippen LogP contribution in [0.3, 0.4) is 0 Å². The summed E-state index contributed by atoms with van der Waals surface area (Å²) in [5, 5.41) is 2.79. The molecule has 0 aromatic heterocycles. The fraction of sp³-hybridized carbons (Fsp3) is 0.188. The minimum atomic E-state index is -2.99. The number of benzene rings is 2. The molecule has 25 heavy (non-hydrogen) atoms. The monoisotopic (exact) mass is 389 g/mol. The molecule has 1 amide bonds. The Morgan fingerprint density at radius 2 is 1.88 bits per heavy atom. The van der Waals surface area contributed by atoms with Gasteiger partial charge >= 0.3 is 6.61 Å². The maximum atomic E-state index is 12.4. The molecule has 1 aliphatic heterocycles. The van der Waals surface area contributed by atoms with Crippen molar-refractivity contribution in [2.75, 3.05) is 18.5 Å². The first-order chi connectivity index (χ1) is 11.9. The molecule has 0 spiro atoms. The Hall–Kier alpha value is -2.25. The highest BCUT2D eigenvalue weighted by Gasteiger charge is 2.19. The van der Waals surface area contributed by atoms with E-state index in [0.29, 0.717) is 30.4 Å². The SMILES string of the molecule is O=C(Nc1ccc(OC(F)F)c(Cl)c1)c1cc(Cl)c2c(c1)OCCO2. The van der Waals surface area contributed by atoms with Crippen LogP contribution in [-0.4, -0.2) is 25.7 Å². The molecule has 2 aromatic carbocycles. The Bertz CT molecular complexity index is 817. The fourth-order valence-electron chi connectivity index (χ4n) is 2.22. The smallest absolute Gasteiger partial charge is 0.387 e. The molecule has 3 rings (SSSR count). The van der Waals surface area contributed by atoms with Crippen molar-refractivity contribution in [3.8, 4) is 17.2 Å². The largest absolute Gasteiger partial charge is 0.486 e. The van der Waals surface area contributed by atoms with Crippen LogP contribution in [0.2, 0.25) is 10.0 Å². The maximum Gasteiger partial charge on any atom is 0.387 e. The minimum Gasteiger partial charge on any atom is -0.486 e. The van der Waals surface area contributed by atoms with Gasteiger partial charge in [0.2, 0.25) is 0 Å². The molecule has 0 aliphatic carbocycles. The van der Waals surface area contributed by atoms with Crippen molar-refractivity contribution in [1.29, 1.82) is 0 Å². The Labute approximate surface area is 151 Å². The van der Waals surface area contributed by atoms with E-state index >= 15 is 0 Å². The second-order valence-corrected chi connectivity index (χ2v) is 5.77. The zero-order chi connectivity index (χ0) is 18.0. The van der Waals surface area contributed by atoms with E-state index in [1.165, 1.54) is 30.3 Å². The number of alkyl halides is 2. The summed E-state index contributed by atoms with van der Waals surface area (Å²) < 4.78 is 39.5. The van der Waals surface area contributed by atoms with Gasteiger partial charge < -0.3 is 19.5 Å². The highest BCUT2D eigenvalue weighted by molar-refractivity contribution is 6.33. The van der Waals surface area contributed by atoms with Crippen molar-refractivity contribution in [1.82, 2.24) is 0 Å². The van der Waals surface area contributed by atoms with Crippen molar-refractivity contribution in [3.63, 3.8) is 0 Å². The van der Waals surface area contributed by atoms with Crippen LogP contribution in [0.5, 0.6) is 17.2 Å². The summed E-state index contributed by atoms with van der Waals surface area (Å²) in [7, 11) is 0. The van der Waals surface area contributed by atoms with Crippen LogP contribution in [0.4, 0.5) is 14.5 Å². The predicted octanol–water partition coefficient (Wildman–Crippen LogP) is 4.62. The molecule has 1 aliphatic rings. The number of amides is 1. The predicted molar refractivity (Wildman–Crippen MR) is 88.5 cm³/mol. The molecule has 0 saturated heterocycles. The number of hydrogen-bond donors (Lipinski definition) is 1. The number of fused-ring (bicyclic) bond motifs is 1. The van der Waals surface area contributed by atoms with Gasteiger partial charge in [0.15, 0.2) is 11.5 Å². The number of hydrogen-bond acceptors (Lipinski definition) is 4. The van der Waals surface area contributed by atoms with Crippen LogP contribution in [0.1, 0.15) is 10.4 Å². The molecule has 0 bridgehead atoms. The molecule has 0 saturated carbocycles. The van der Waals surface area contributed by atoms with Gasteiger partial charge in [-0.3, -0.25) is 4.79 Å². The van der Waals surface area contributed by atoms with E-state index in [0.717, 1.165) is 0 Å². The molecule has 0 atom stereocenters. The first-order valence-electron chi connectivity index (χ1n) is 7.09. The normalized spacial score (nSPS) is 12.8. The zero-order valence-electron chi connectivity index (χ0n) is 12.5. The molecular formula is C16H11Cl2F2NO4. The first-order valence-corrected chi connectivity index (χ1v) is 7.84. The third-order valence-electron chi connectivity index (χ3n) is 3.26. The van der Waals surface area contributed by atoms with E-state index < -0.39 is 12.5 Å². The van der Waals surface area contributed by atoms with Gasteiger partial charge in [0, 0.05) is 11.3 Å². The van der Waals surface area contributed by atoms with Crippen LogP contribution in [-0.2, 0) is 0 Å². The van der Waals surface area contributed by atoms with Crippen molar-refractivity contribution < 1.29 is 27.8 Å². The summed E-state index contributed by atoms with van der Waals surface area (Å²) in [6.45, 7) is -2.25. The highest BCUT2D eigenvalue weighted by atomic mass is 35.5. The molecule has 5 nitrogen and oxygen atoms in total. The van der Waals surface area contributed by atoms with Gasteiger partial charge in [-0.1, -0.05) is 23.2 Å². The summed E-state index contributed by atoms with van der Waals surface area (Å²) in [4.78, 5) is 12.4. The van der Waals surface area contributed by atoms with Crippen LogP contribution >= 0.6 is 23.2 Å². The molecular weight excluding hydrogens is 379 g/mol. The number of anilines is 1. The van der Waals surface area contributed by atoms with E-state index in [1.54, 1.807) is 0 Å². The molecule has 1 heterocycles. The number of nitrogens with one attached hydrogen (secondary N) is 1. The van der Waals surface area contributed by atoms with Crippen LogP contribution in [0.15, 0.2) is 30.3 Å². The third kappa shape index (κ3) is 4.05. The number of rotatable bonds is 4. The van der Waals surface area contributed by atoms with E-state index in [1.807, 2.05) is 0 Å². The van der Waals surface area contributed by atoms with Gasteiger partial charge in [-0.2, -0.15) is 8.78 Å². The first kappa shape index (κ1) is 17.6. The zero-order valence-corrected chi connectivity index (χ0v) is 14.0. The second-order valence-electron chi connectivity index (χ2n) is 4.96. The second kappa shape index (κ2) is 7.33. The van der Waals surface area contributed by atoms with E-state index in [4.69, 9.17) is 32.7 Å². The van der Waals surface area contributed by atoms with Gasteiger partial charge in [-0.05, 0) is 30.3 Å². The summed E-state index contributed by atoms with van der Waals surface area (Å²) >= 11 is 12.0. The Morgan fingerprint density at radius 3 is 2.60 bits per heavy atom. The lowest BCUT2D eigenvalue weighted by molar-refractivity contribution is -0.0497. The van der Waals surface area contributed by atoms with Gasteiger partial charge in [-0.25, -0.2) is 0 Å². The van der Waals surface area contributed by atoms with Crippen LogP contribution < -0.4 is 19.5 Å². The van der Waals surface area contributed by atoms with Gasteiger partial charge in [0.25, 0.3) is 5.91 Å². The van der Waals surface area contributed by atoms with Crippen molar-refractivity contribution in [3.05, 3.63) is 45.9 Å². The molecule has 9 heteroatoms. The van der Waals surface area contributed by atoms with Crippen molar-refractivity contribution >= 4 is 34.8 Å². The van der Waals surface area contributed by atoms with Crippen molar-refractivity contribution in [2.24, 2.45) is 0 Å². The number of carbonyl (C=O) groups is 1. The minimum absolute atomic E-state index is 0.0571. The summed E-state index contributed by atoms with van der Waals surface area (Å²) in [5.74, 6) is 0.109. The Kier molecular flexibility index (Phi) is 5.15. The molecule has 0 unspecified atom stereocenters. The van der Waals surface area contributed by atoms with Gasteiger partial charge in [-0.15, -0.1) is 0 Å². The summed E-state index contributed by atoms with van der Waals surface area (Å²) in [5.41, 5.74) is 0.556. The Balaban J connectivity index is 1.78. The fourth-order valence-corrected chi connectivity index (χ4v) is 2.71. The van der Waals surface area contributed by atoms with E-state index in [-0.39, 0.29) is 21.4 Å². The van der Waals surface area contributed by atoms with Crippen LogP contribution in [0, 0.1) is 0 Å². The molecule has 0 fully saturated rings. The average Bonchev–Trinajstić information content (AvgIpc) is 2.57. The average molecular weight is 390 g/mol. The lowest BCUT2D eigenvalue weighted by atomic mass is 10.1. The molecule has 132 valence electrons. The number of ether oxygens (including phenoxy) is 3. The van der Waals surface area contributed by atoms with Gasteiger partial charge in [0.05, 0.1) is 10.0 Å². The quantitative estimate of drug-likeness (QED) is 0.828. The Morgan fingerprint density at radius 1 is 1.12 bits per heavy atom. The molecule has 2 aromatic rings. The lowest BCUT2D eigenvalue weighted by Crippen LogP contribution is -2.17. The summed E-state index contributed by atoms with van der Waals surface area (Å²) in [6.07, 6.45) is 0. The number of carbonyl (C=O) groups excluding carboxylic acids is 1. The van der Waals surface area contributed by atoms with E-state index in [2.05, 4.69) is 10.1 Å². The lowest BCUT2D eigenvalue weighted by Gasteiger charge is -2.20. The van der Waals surface area contributed by atoms with Crippen LogP contribution in [0.25, 0.3) is 0 Å². The van der Waals surface area contributed by atoms with E-state index in [9.17, 15) is 13.6 Å². The number of halogens is 4. The summed E-state index contributed by atoms with van der Waals surface area (Å²) in [6, 6.07) is 6.88. The standard InChI is InChI=1S/C16H11Cl2F2NO4/c17-10-7-9(1-2-12(10)25-16(19)20)21-15(22)8-5-11(18)14-13(6-8)23-3-4-24-14/h1-2,5-7,16H,3-4H2,(H,21,22). The highest BCUT2D eigenvalue weighted by Crippen LogP contribution is 2.38. The molecule has 1 N–H and O–H groups in total. The van der Waals surface area contributed by atoms with Crippen molar-refractivity contribution in [2.45, 2.75) is 6.61 Å².